The minimum absolute atomic E-state index is 0.299. The Hall–Kier alpha value is -1.47. The van der Waals surface area contributed by atoms with Gasteiger partial charge in [-0.3, -0.25) is 4.79 Å². The Kier molecular flexibility index (Phi) is 4.19. The van der Waals surface area contributed by atoms with Crippen molar-refractivity contribution < 1.29 is 15.0 Å². The molecule has 0 aliphatic rings. The van der Waals surface area contributed by atoms with Gasteiger partial charge in [-0.15, -0.1) is 0 Å². The highest BCUT2D eigenvalue weighted by molar-refractivity contribution is 5.80. The van der Waals surface area contributed by atoms with Gasteiger partial charge in [-0.1, -0.05) is 0 Å². The molecule has 1 atom stereocenters. The first-order valence-corrected chi connectivity index (χ1v) is 4.55. The number of aromatic nitrogens is 3. The maximum absolute atomic E-state index is 11.5. The Morgan fingerprint density at radius 2 is 2.20 bits per heavy atom. The molecule has 1 rings (SSSR count). The van der Waals surface area contributed by atoms with Gasteiger partial charge in [0.2, 0.25) is 5.91 Å². The molecule has 0 aliphatic heterocycles. The lowest BCUT2D eigenvalue weighted by Crippen LogP contribution is -2.43. The van der Waals surface area contributed by atoms with E-state index in [4.69, 9.17) is 10.2 Å². The van der Waals surface area contributed by atoms with Gasteiger partial charge in [0.15, 0.2) is 0 Å². The Morgan fingerprint density at radius 3 is 2.67 bits per heavy atom. The van der Waals surface area contributed by atoms with Gasteiger partial charge >= 0.3 is 0 Å². The molecule has 0 aliphatic carbocycles. The number of hydrogen-bond acceptors (Lipinski definition) is 5. The Labute approximate surface area is 86.7 Å². The summed E-state index contributed by atoms with van der Waals surface area (Å²) in [6.07, 6.45) is 2.76. The predicted octanol–water partition coefficient (Wildman–Crippen LogP) is -1.69. The highest BCUT2D eigenvalue weighted by Gasteiger charge is 2.18. The minimum Gasteiger partial charge on any atom is -0.394 e. The molecule has 1 aromatic heterocycles. The molecule has 0 aromatic carbocycles. The van der Waals surface area contributed by atoms with Gasteiger partial charge in [0, 0.05) is 0 Å². The van der Waals surface area contributed by atoms with Crippen LogP contribution in [0.4, 0.5) is 0 Å². The van der Waals surface area contributed by atoms with Crippen LogP contribution in [0.5, 0.6) is 0 Å². The van der Waals surface area contributed by atoms with Gasteiger partial charge in [0.1, 0.15) is 18.7 Å². The number of aliphatic hydroxyl groups excluding tert-OH is 2. The van der Waals surface area contributed by atoms with E-state index in [1.165, 1.54) is 17.3 Å². The van der Waals surface area contributed by atoms with Gasteiger partial charge in [-0.05, 0) is 6.92 Å². The molecule has 1 heterocycles. The van der Waals surface area contributed by atoms with Crippen molar-refractivity contribution in [1.29, 1.82) is 0 Å². The maximum Gasteiger partial charge on any atom is 0.245 e. The molecule has 15 heavy (non-hydrogen) atoms. The molecular weight excluding hydrogens is 200 g/mol. The van der Waals surface area contributed by atoms with Crippen molar-refractivity contribution in [2.75, 3.05) is 13.2 Å². The SMILES string of the molecule is CC(C(=O)NC(CO)CO)n1cncn1. The van der Waals surface area contributed by atoms with Crippen molar-refractivity contribution in [2.45, 2.75) is 19.0 Å². The van der Waals surface area contributed by atoms with E-state index >= 15 is 0 Å². The number of hydrogen-bond donors (Lipinski definition) is 3. The number of nitrogens with zero attached hydrogens (tertiary/aromatic N) is 3. The van der Waals surface area contributed by atoms with E-state index in [2.05, 4.69) is 15.4 Å². The quantitative estimate of drug-likeness (QED) is 0.543. The average Bonchev–Trinajstić information content (AvgIpc) is 2.77. The molecule has 0 saturated carbocycles. The molecule has 7 heteroatoms. The molecule has 0 fully saturated rings. The molecule has 84 valence electrons. The second kappa shape index (κ2) is 5.42. The second-order valence-corrected chi connectivity index (χ2v) is 3.12. The van der Waals surface area contributed by atoms with Crippen molar-refractivity contribution in [3.05, 3.63) is 12.7 Å². The van der Waals surface area contributed by atoms with E-state index in [1.54, 1.807) is 6.92 Å². The minimum atomic E-state index is -0.636. The summed E-state index contributed by atoms with van der Waals surface area (Å²) < 4.78 is 1.39. The number of rotatable bonds is 5. The van der Waals surface area contributed by atoms with E-state index in [0.717, 1.165) is 0 Å². The van der Waals surface area contributed by atoms with Crippen molar-refractivity contribution in [1.82, 2.24) is 20.1 Å². The number of amides is 1. The van der Waals surface area contributed by atoms with Crippen LogP contribution in [0.2, 0.25) is 0 Å². The van der Waals surface area contributed by atoms with Gasteiger partial charge in [-0.25, -0.2) is 9.67 Å². The average molecular weight is 214 g/mol. The topological polar surface area (TPSA) is 100 Å². The molecule has 0 spiro atoms. The van der Waals surface area contributed by atoms with E-state index in [9.17, 15) is 4.79 Å². The lowest BCUT2D eigenvalue weighted by Gasteiger charge is -2.17. The fourth-order valence-corrected chi connectivity index (χ4v) is 1.01. The first-order chi connectivity index (χ1) is 7.19. The largest absolute Gasteiger partial charge is 0.394 e. The zero-order chi connectivity index (χ0) is 11.3. The molecule has 0 saturated heterocycles. The van der Waals surface area contributed by atoms with Crippen LogP contribution in [-0.2, 0) is 4.79 Å². The van der Waals surface area contributed by atoms with Crippen LogP contribution in [0.1, 0.15) is 13.0 Å². The standard InChI is InChI=1S/C8H14N4O3/c1-6(12-5-9-4-10-12)8(15)11-7(2-13)3-14/h4-7,13-14H,2-3H2,1H3,(H,11,15). The van der Waals surface area contributed by atoms with E-state index in [0.29, 0.717) is 0 Å². The lowest BCUT2D eigenvalue weighted by molar-refractivity contribution is -0.125. The number of aliphatic hydroxyl groups is 2. The van der Waals surface area contributed by atoms with Gasteiger partial charge in [-0.2, -0.15) is 5.10 Å². The molecular formula is C8H14N4O3. The highest BCUT2D eigenvalue weighted by atomic mass is 16.3. The summed E-state index contributed by atoms with van der Waals surface area (Å²) in [6, 6.07) is -1.16. The third-order valence-corrected chi connectivity index (χ3v) is 2.00. The Morgan fingerprint density at radius 1 is 1.53 bits per heavy atom. The smallest absolute Gasteiger partial charge is 0.245 e. The molecule has 1 amide bonds. The number of carbonyl (C=O) groups excluding carboxylic acids is 1. The third-order valence-electron chi connectivity index (χ3n) is 2.00. The van der Waals surface area contributed by atoms with E-state index < -0.39 is 12.1 Å². The summed E-state index contributed by atoms with van der Waals surface area (Å²) in [5.74, 6) is -0.325. The second-order valence-electron chi connectivity index (χ2n) is 3.12. The van der Waals surface area contributed by atoms with Crippen LogP contribution in [-0.4, -0.2) is 50.1 Å². The molecule has 0 radical (unpaired) electrons. The highest BCUT2D eigenvalue weighted by Crippen LogP contribution is 2.01. The van der Waals surface area contributed by atoms with E-state index in [1.807, 2.05) is 0 Å². The van der Waals surface area contributed by atoms with Crippen LogP contribution in [0.25, 0.3) is 0 Å². The molecule has 0 bridgehead atoms. The Balaban J connectivity index is 2.53. The van der Waals surface area contributed by atoms with Crippen LogP contribution < -0.4 is 5.32 Å². The maximum atomic E-state index is 11.5. The van der Waals surface area contributed by atoms with Crippen LogP contribution in [0.15, 0.2) is 12.7 Å². The summed E-state index contributed by atoms with van der Waals surface area (Å²) >= 11 is 0. The van der Waals surface area contributed by atoms with E-state index in [-0.39, 0.29) is 19.1 Å². The van der Waals surface area contributed by atoms with Gasteiger partial charge in [0.25, 0.3) is 0 Å². The normalized spacial score (nSPS) is 12.8. The molecule has 7 nitrogen and oxygen atoms in total. The predicted molar refractivity (Wildman–Crippen MR) is 50.8 cm³/mol. The fourth-order valence-electron chi connectivity index (χ4n) is 1.01. The van der Waals surface area contributed by atoms with Crippen molar-refractivity contribution in [3.63, 3.8) is 0 Å². The molecule has 3 N–H and O–H groups in total. The monoisotopic (exact) mass is 214 g/mol. The van der Waals surface area contributed by atoms with Crippen LogP contribution >= 0.6 is 0 Å². The third kappa shape index (κ3) is 3.00. The zero-order valence-electron chi connectivity index (χ0n) is 8.37. The number of nitrogens with one attached hydrogen (secondary N) is 1. The first-order valence-electron chi connectivity index (χ1n) is 4.55. The molecule has 1 unspecified atom stereocenters. The number of carbonyl (C=O) groups is 1. The summed E-state index contributed by atoms with van der Waals surface area (Å²) in [5.41, 5.74) is 0. The van der Waals surface area contributed by atoms with Crippen molar-refractivity contribution >= 4 is 5.91 Å². The first kappa shape index (κ1) is 11.6. The van der Waals surface area contributed by atoms with Crippen molar-refractivity contribution in [3.8, 4) is 0 Å². The lowest BCUT2D eigenvalue weighted by atomic mass is 10.2. The Bertz CT molecular complexity index is 297. The summed E-state index contributed by atoms with van der Waals surface area (Å²) in [5, 5.41) is 23.8. The van der Waals surface area contributed by atoms with Crippen LogP contribution in [0.3, 0.4) is 0 Å². The van der Waals surface area contributed by atoms with Gasteiger partial charge < -0.3 is 15.5 Å². The zero-order valence-corrected chi connectivity index (χ0v) is 8.37. The fraction of sp³-hybridized carbons (Fsp3) is 0.625. The van der Waals surface area contributed by atoms with Gasteiger partial charge in [0.05, 0.1) is 19.3 Å². The summed E-state index contributed by atoms with van der Waals surface area (Å²) in [6.45, 7) is 1.05. The summed E-state index contributed by atoms with van der Waals surface area (Å²) in [4.78, 5) is 15.3. The summed E-state index contributed by atoms with van der Waals surface area (Å²) in [7, 11) is 0. The van der Waals surface area contributed by atoms with Crippen LogP contribution in [0, 0.1) is 0 Å². The van der Waals surface area contributed by atoms with Crippen molar-refractivity contribution in [2.24, 2.45) is 0 Å². The molecule has 1 aromatic rings.